The number of allylic oxidation sites excluding steroid dienone is 1. The highest BCUT2D eigenvalue weighted by molar-refractivity contribution is 9.11. The summed E-state index contributed by atoms with van der Waals surface area (Å²) in [7, 11) is 0. The average Bonchev–Trinajstić information content (AvgIpc) is 2.82. The number of hydrogen-bond donors (Lipinski definition) is 4. The quantitative estimate of drug-likeness (QED) is 0.165. The van der Waals surface area contributed by atoms with Gasteiger partial charge in [-0.05, 0) is 72.1 Å². The van der Waals surface area contributed by atoms with Gasteiger partial charge in [-0.2, -0.15) is 5.26 Å². The Kier molecular flexibility index (Phi) is 11.0. The summed E-state index contributed by atoms with van der Waals surface area (Å²) in [6.45, 7) is 2.09. The lowest BCUT2D eigenvalue weighted by atomic mass is 9.99. The Hall–Kier alpha value is -2.91. The number of benzene rings is 2. The lowest BCUT2D eigenvalue weighted by Gasteiger charge is -2.28. The molecule has 180 valence electrons. The number of hydrogen-bond acceptors (Lipinski definition) is 7. The summed E-state index contributed by atoms with van der Waals surface area (Å²) in [6, 6.07) is 11.5. The fourth-order valence-electron chi connectivity index (χ4n) is 3.06. The molecule has 0 bridgehead atoms. The van der Waals surface area contributed by atoms with Gasteiger partial charge in [-0.25, -0.2) is 10.3 Å². The highest BCUT2D eigenvalue weighted by Crippen LogP contribution is 2.39. The first-order valence-electron chi connectivity index (χ1n) is 10.2. The van der Waals surface area contributed by atoms with Crippen LogP contribution in [0.5, 0.6) is 5.75 Å². The van der Waals surface area contributed by atoms with Crippen LogP contribution in [0.25, 0.3) is 0 Å². The van der Waals surface area contributed by atoms with Crippen molar-refractivity contribution in [3.05, 3.63) is 68.6 Å². The zero-order chi connectivity index (χ0) is 25.1. The van der Waals surface area contributed by atoms with Crippen LogP contribution in [-0.2, 0) is 14.3 Å². The van der Waals surface area contributed by atoms with E-state index in [-0.39, 0.29) is 5.75 Å². The standard InChI is InChI=1S/C23H23Br2N3O6/c1-2-33-19(5-3-4-6-20(29)28-32)22(17-11-15(24)12-18(25)21(17)30)34-23(31)27-16-9-7-14(13-26)8-10-16/h4,6-12,19,22,30,32H,2-3,5H2,1H3,(H,27,31)(H,28,29)/b6-4+/t19-,22-/m0/s1. The molecule has 0 spiro atoms. The molecule has 9 nitrogen and oxygen atoms in total. The van der Waals surface area contributed by atoms with Crippen molar-refractivity contribution in [3.63, 3.8) is 0 Å². The highest BCUT2D eigenvalue weighted by atomic mass is 79.9. The molecule has 2 amide bonds. The van der Waals surface area contributed by atoms with Gasteiger partial charge in [0.05, 0.1) is 22.2 Å². The van der Waals surface area contributed by atoms with E-state index < -0.39 is 24.2 Å². The number of aromatic hydroxyl groups is 1. The number of nitriles is 1. The Morgan fingerprint density at radius 2 is 1.94 bits per heavy atom. The predicted molar refractivity (Wildman–Crippen MR) is 131 cm³/mol. The van der Waals surface area contributed by atoms with Crippen molar-refractivity contribution in [2.75, 3.05) is 11.9 Å². The Bertz CT molecular complexity index is 1070. The number of anilines is 1. The summed E-state index contributed by atoms with van der Waals surface area (Å²) in [5.74, 6) is -0.782. The van der Waals surface area contributed by atoms with Crippen LogP contribution in [0.15, 0.2) is 57.5 Å². The van der Waals surface area contributed by atoms with Crippen molar-refractivity contribution < 1.29 is 29.4 Å². The molecule has 0 saturated heterocycles. The summed E-state index contributed by atoms with van der Waals surface area (Å²) in [6.07, 6.45) is 0.946. The van der Waals surface area contributed by atoms with Crippen molar-refractivity contribution in [3.8, 4) is 11.8 Å². The van der Waals surface area contributed by atoms with Gasteiger partial charge in [0, 0.05) is 28.4 Å². The molecular formula is C23H23Br2N3O6. The first kappa shape index (κ1) is 27.3. The van der Waals surface area contributed by atoms with Crippen LogP contribution in [0.1, 0.15) is 37.0 Å². The van der Waals surface area contributed by atoms with E-state index in [1.165, 1.54) is 11.6 Å². The van der Waals surface area contributed by atoms with Gasteiger partial charge in [0.15, 0.2) is 6.10 Å². The number of nitrogens with zero attached hydrogens (tertiary/aromatic N) is 1. The van der Waals surface area contributed by atoms with Crippen LogP contribution in [0, 0.1) is 11.3 Å². The van der Waals surface area contributed by atoms with Crippen molar-refractivity contribution >= 4 is 49.5 Å². The molecule has 2 aromatic carbocycles. The third-order valence-electron chi connectivity index (χ3n) is 4.57. The number of hydroxylamine groups is 1. The smallest absolute Gasteiger partial charge is 0.412 e. The number of carbonyl (C=O) groups excluding carboxylic acids is 2. The maximum absolute atomic E-state index is 12.7. The lowest BCUT2D eigenvalue weighted by Crippen LogP contribution is -2.29. The number of halogens is 2. The monoisotopic (exact) mass is 595 g/mol. The van der Waals surface area contributed by atoms with E-state index in [0.717, 1.165) is 0 Å². The zero-order valence-electron chi connectivity index (χ0n) is 18.1. The van der Waals surface area contributed by atoms with Crippen LogP contribution < -0.4 is 10.8 Å². The molecule has 0 fully saturated rings. The molecule has 11 heteroatoms. The molecule has 0 aliphatic carbocycles. The lowest BCUT2D eigenvalue weighted by molar-refractivity contribution is -0.124. The van der Waals surface area contributed by atoms with Gasteiger partial charge in [-0.1, -0.05) is 22.0 Å². The number of nitrogens with one attached hydrogen (secondary N) is 2. The minimum Gasteiger partial charge on any atom is -0.506 e. The maximum atomic E-state index is 12.7. The second-order valence-corrected chi connectivity index (χ2v) is 8.69. The first-order chi connectivity index (χ1) is 16.3. The van der Waals surface area contributed by atoms with Crippen LogP contribution in [0.4, 0.5) is 10.5 Å². The topological polar surface area (TPSA) is 141 Å². The third-order valence-corrected chi connectivity index (χ3v) is 5.64. The van der Waals surface area contributed by atoms with E-state index in [9.17, 15) is 14.7 Å². The molecule has 34 heavy (non-hydrogen) atoms. The summed E-state index contributed by atoms with van der Waals surface area (Å²) < 4.78 is 12.6. The molecule has 0 aliphatic rings. The van der Waals surface area contributed by atoms with Crippen molar-refractivity contribution in [2.24, 2.45) is 0 Å². The van der Waals surface area contributed by atoms with E-state index in [1.54, 1.807) is 49.4 Å². The Balaban J connectivity index is 2.31. The average molecular weight is 597 g/mol. The number of amides is 2. The van der Waals surface area contributed by atoms with E-state index in [1.807, 2.05) is 6.07 Å². The SMILES string of the molecule is CCO[C@@H](CC/C=C/C(=O)NO)[C@@H](OC(=O)Nc1ccc(C#N)cc1)c1cc(Br)cc(Br)c1O. The number of ether oxygens (including phenoxy) is 2. The summed E-state index contributed by atoms with van der Waals surface area (Å²) in [4.78, 5) is 23.9. The van der Waals surface area contributed by atoms with Gasteiger partial charge >= 0.3 is 6.09 Å². The van der Waals surface area contributed by atoms with E-state index >= 15 is 0 Å². The van der Waals surface area contributed by atoms with E-state index in [0.29, 0.717) is 45.2 Å². The summed E-state index contributed by atoms with van der Waals surface area (Å²) in [5, 5.41) is 30.8. The second-order valence-electron chi connectivity index (χ2n) is 6.92. The molecular weight excluding hydrogens is 574 g/mol. The molecule has 0 unspecified atom stereocenters. The van der Waals surface area contributed by atoms with Gasteiger partial charge in [-0.3, -0.25) is 15.3 Å². The van der Waals surface area contributed by atoms with Crippen molar-refractivity contribution in [1.29, 1.82) is 5.26 Å². The minimum absolute atomic E-state index is 0.112. The Labute approximate surface area is 213 Å². The fraction of sp³-hybridized carbons (Fsp3) is 0.261. The maximum Gasteiger partial charge on any atom is 0.412 e. The number of phenolic OH excluding ortho intramolecular Hbond substituents is 1. The van der Waals surface area contributed by atoms with Gasteiger partial charge < -0.3 is 14.6 Å². The van der Waals surface area contributed by atoms with Crippen molar-refractivity contribution in [2.45, 2.75) is 32.0 Å². The van der Waals surface area contributed by atoms with Gasteiger partial charge in [0.1, 0.15) is 5.75 Å². The largest absolute Gasteiger partial charge is 0.506 e. The fourth-order valence-corrected chi connectivity index (χ4v) is 4.32. The number of rotatable bonds is 10. The van der Waals surface area contributed by atoms with Gasteiger partial charge in [-0.15, -0.1) is 0 Å². The van der Waals surface area contributed by atoms with Crippen LogP contribution >= 0.6 is 31.9 Å². The van der Waals surface area contributed by atoms with Gasteiger partial charge in [0.25, 0.3) is 5.91 Å². The second kappa shape index (κ2) is 13.7. The predicted octanol–water partition coefficient (Wildman–Crippen LogP) is 5.33. The van der Waals surface area contributed by atoms with Gasteiger partial charge in [0.2, 0.25) is 0 Å². The molecule has 0 aromatic heterocycles. The summed E-state index contributed by atoms with van der Waals surface area (Å²) >= 11 is 6.67. The number of phenols is 1. The minimum atomic E-state index is -1.01. The Morgan fingerprint density at radius 1 is 1.24 bits per heavy atom. The van der Waals surface area contributed by atoms with Crippen LogP contribution in [-0.4, -0.2) is 35.0 Å². The molecule has 0 heterocycles. The van der Waals surface area contributed by atoms with Crippen LogP contribution in [0.3, 0.4) is 0 Å². The molecule has 2 rings (SSSR count). The third kappa shape index (κ3) is 8.14. The normalized spacial score (nSPS) is 12.6. The molecule has 0 saturated carbocycles. The van der Waals surface area contributed by atoms with Crippen molar-refractivity contribution in [1.82, 2.24) is 5.48 Å². The summed E-state index contributed by atoms with van der Waals surface area (Å²) in [5.41, 5.74) is 2.69. The Morgan fingerprint density at radius 3 is 2.56 bits per heavy atom. The molecule has 0 radical (unpaired) electrons. The molecule has 2 aromatic rings. The highest BCUT2D eigenvalue weighted by Gasteiger charge is 2.31. The zero-order valence-corrected chi connectivity index (χ0v) is 21.3. The molecule has 0 aliphatic heterocycles. The molecule has 4 N–H and O–H groups in total. The first-order valence-corrected chi connectivity index (χ1v) is 11.8. The van der Waals surface area contributed by atoms with Crippen LogP contribution in [0.2, 0.25) is 0 Å². The van der Waals surface area contributed by atoms with E-state index in [2.05, 4.69) is 37.2 Å². The number of carbonyl (C=O) groups is 2. The van der Waals surface area contributed by atoms with E-state index in [4.69, 9.17) is 19.9 Å². The molecule has 2 atom stereocenters.